The molecule has 0 saturated carbocycles. The maximum absolute atomic E-state index is 11.5. The molecule has 92 valence electrons. The summed E-state index contributed by atoms with van der Waals surface area (Å²) in [5.74, 6) is -0.0725. The number of allylic oxidation sites excluding steroid dienone is 2. The van der Waals surface area contributed by atoms with Gasteiger partial charge in [0, 0.05) is 6.07 Å². The van der Waals surface area contributed by atoms with Crippen molar-refractivity contribution in [2.24, 2.45) is 5.14 Å². The monoisotopic (exact) mass is 259 g/mol. The summed E-state index contributed by atoms with van der Waals surface area (Å²) in [6, 6.07) is 1.29. The third kappa shape index (κ3) is 2.30. The van der Waals surface area contributed by atoms with Crippen LogP contribution in [0.3, 0.4) is 0 Å². The molecule has 0 aliphatic carbocycles. The van der Waals surface area contributed by atoms with Crippen LogP contribution in [0.25, 0.3) is 0 Å². The molecule has 0 fully saturated rings. The lowest BCUT2D eigenvalue weighted by atomic mass is 10.3. The molecule has 3 N–H and O–H groups in total. The minimum atomic E-state index is -4.15. The first-order valence-electron chi connectivity index (χ1n) is 4.44. The minimum absolute atomic E-state index is 0.0725. The number of ether oxygens (including phenoxy) is 1. The number of aromatic nitrogens is 1. The van der Waals surface area contributed by atoms with Gasteiger partial charge in [0.2, 0.25) is 6.29 Å². The van der Waals surface area contributed by atoms with E-state index in [0.717, 1.165) is 0 Å². The Morgan fingerprint density at radius 1 is 1.53 bits per heavy atom. The van der Waals surface area contributed by atoms with E-state index in [2.05, 4.69) is 9.68 Å². The molecule has 2 rings (SSSR count). The molecule has 0 amide bonds. The topological polar surface area (TPSA) is 119 Å². The Hall–Kier alpha value is -1.84. The lowest BCUT2D eigenvalue weighted by Gasteiger charge is -2.26. The molecule has 17 heavy (non-hydrogen) atoms. The van der Waals surface area contributed by atoms with Gasteiger partial charge in [-0.25, -0.2) is 9.44 Å². The molecular weight excluding hydrogens is 250 g/mol. The van der Waals surface area contributed by atoms with Crippen LogP contribution in [-0.4, -0.2) is 25.0 Å². The Balaban J connectivity index is 2.49. The van der Waals surface area contributed by atoms with Gasteiger partial charge in [-0.3, -0.25) is 0 Å². The number of nitrogens with zero attached hydrogens (tertiary/aromatic N) is 2. The van der Waals surface area contributed by atoms with Gasteiger partial charge in [-0.05, 0) is 12.2 Å². The molecule has 0 bridgehead atoms. The van der Waals surface area contributed by atoms with Gasteiger partial charge >= 0.3 is 10.2 Å². The van der Waals surface area contributed by atoms with E-state index < -0.39 is 16.5 Å². The summed E-state index contributed by atoms with van der Waals surface area (Å²) in [5.41, 5.74) is -0.0797. The van der Waals surface area contributed by atoms with Gasteiger partial charge in [0.1, 0.15) is 12.0 Å². The Bertz CT molecular complexity index is 548. The van der Waals surface area contributed by atoms with Crippen molar-refractivity contribution < 1.29 is 22.8 Å². The molecule has 1 aromatic rings. The Labute approximate surface area is 96.7 Å². The maximum atomic E-state index is 11.5. The van der Waals surface area contributed by atoms with E-state index in [-0.39, 0.29) is 11.5 Å². The van der Waals surface area contributed by atoms with Crippen molar-refractivity contribution in [3.63, 3.8) is 0 Å². The summed E-state index contributed by atoms with van der Waals surface area (Å²) >= 11 is 0. The van der Waals surface area contributed by atoms with Crippen molar-refractivity contribution in [1.82, 2.24) is 5.16 Å². The minimum Gasteiger partial charge on any atom is -0.467 e. The molecule has 0 radical (unpaired) electrons. The second kappa shape index (κ2) is 4.20. The maximum Gasteiger partial charge on any atom is 0.304 e. The van der Waals surface area contributed by atoms with Crippen LogP contribution in [-0.2, 0) is 14.9 Å². The predicted molar refractivity (Wildman–Crippen MR) is 56.4 cm³/mol. The highest BCUT2D eigenvalue weighted by atomic mass is 32.2. The number of aliphatic hydroxyl groups is 1. The van der Waals surface area contributed by atoms with Gasteiger partial charge in [0.25, 0.3) is 0 Å². The molecule has 2 heterocycles. The fourth-order valence-corrected chi connectivity index (χ4v) is 2.10. The first kappa shape index (κ1) is 11.6. The van der Waals surface area contributed by atoms with Crippen molar-refractivity contribution in [2.45, 2.75) is 6.29 Å². The number of rotatable bonds is 3. The smallest absolute Gasteiger partial charge is 0.304 e. The first-order valence-corrected chi connectivity index (χ1v) is 5.94. The molecule has 1 aromatic heterocycles. The van der Waals surface area contributed by atoms with Crippen LogP contribution >= 0.6 is 0 Å². The van der Waals surface area contributed by atoms with Crippen LogP contribution in [0.4, 0.5) is 5.82 Å². The Morgan fingerprint density at radius 2 is 2.29 bits per heavy atom. The number of nitrogens with two attached hydrogens (primary N) is 1. The quantitative estimate of drug-likeness (QED) is 0.750. The van der Waals surface area contributed by atoms with Crippen LogP contribution in [0, 0.1) is 0 Å². The van der Waals surface area contributed by atoms with E-state index in [4.69, 9.17) is 9.88 Å². The molecular formula is C8H9N3O5S. The van der Waals surface area contributed by atoms with Gasteiger partial charge < -0.3 is 14.4 Å². The summed E-state index contributed by atoms with van der Waals surface area (Å²) < 4.78 is 32.8. The third-order valence-electron chi connectivity index (χ3n) is 1.93. The molecule has 0 aromatic carbocycles. The largest absolute Gasteiger partial charge is 0.467 e. The molecule has 1 aliphatic rings. The van der Waals surface area contributed by atoms with Gasteiger partial charge in [-0.2, -0.15) is 8.42 Å². The Morgan fingerprint density at radius 3 is 2.82 bits per heavy atom. The van der Waals surface area contributed by atoms with E-state index in [1.165, 1.54) is 30.7 Å². The summed E-state index contributed by atoms with van der Waals surface area (Å²) in [6.45, 7) is 0. The highest BCUT2D eigenvalue weighted by Crippen LogP contribution is 2.24. The van der Waals surface area contributed by atoms with E-state index in [9.17, 15) is 13.5 Å². The van der Waals surface area contributed by atoms with Crippen LogP contribution in [0.1, 0.15) is 0 Å². The van der Waals surface area contributed by atoms with Crippen molar-refractivity contribution in [3.05, 3.63) is 36.4 Å². The van der Waals surface area contributed by atoms with Crippen molar-refractivity contribution in [3.8, 4) is 0 Å². The summed E-state index contributed by atoms with van der Waals surface area (Å²) in [5, 5.41) is 18.0. The second-order valence-corrected chi connectivity index (χ2v) is 4.47. The lowest BCUT2D eigenvalue weighted by molar-refractivity contribution is -0.0236. The summed E-state index contributed by atoms with van der Waals surface area (Å²) in [6.07, 6.45) is 3.71. The van der Waals surface area contributed by atoms with Gasteiger partial charge in [-0.1, -0.05) is 5.16 Å². The number of hydrogen-bond donors (Lipinski definition) is 2. The number of anilines is 1. The SMILES string of the molecule is NS(=O)(=O)N(C1=CC=COC1O)c1ccon1. The van der Waals surface area contributed by atoms with E-state index in [0.29, 0.717) is 4.31 Å². The highest BCUT2D eigenvalue weighted by Gasteiger charge is 2.30. The van der Waals surface area contributed by atoms with Crippen LogP contribution < -0.4 is 9.44 Å². The molecule has 0 spiro atoms. The van der Waals surface area contributed by atoms with Crippen molar-refractivity contribution in [1.29, 1.82) is 0 Å². The lowest BCUT2D eigenvalue weighted by Crippen LogP contribution is -2.41. The van der Waals surface area contributed by atoms with Crippen molar-refractivity contribution >= 4 is 16.0 Å². The molecule has 1 atom stereocenters. The third-order valence-corrected chi connectivity index (χ3v) is 2.83. The van der Waals surface area contributed by atoms with E-state index in [1.807, 2.05) is 0 Å². The second-order valence-electron chi connectivity index (χ2n) is 3.08. The van der Waals surface area contributed by atoms with Crippen LogP contribution in [0.15, 0.2) is 41.0 Å². The molecule has 8 nitrogen and oxygen atoms in total. The molecule has 1 aliphatic heterocycles. The van der Waals surface area contributed by atoms with E-state index in [1.54, 1.807) is 0 Å². The average Bonchev–Trinajstić information content (AvgIpc) is 2.72. The van der Waals surface area contributed by atoms with E-state index >= 15 is 0 Å². The Kier molecular flexibility index (Phi) is 2.88. The molecule has 9 heteroatoms. The van der Waals surface area contributed by atoms with Gasteiger partial charge in [0.05, 0.1) is 6.26 Å². The fraction of sp³-hybridized carbons (Fsp3) is 0.125. The normalized spacial score (nSPS) is 19.6. The molecule has 1 unspecified atom stereocenters. The molecule has 0 saturated heterocycles. The van der Waals surface area contributed by atoms with Crippen LogP contribution in [0.5, 0.6) is 0 Å². The number of hydrogen-bond acceptors (Lipinski definition) is 6. The summed E-state index contributed by atoms with van der Waals surface area (Å²) in [7, 11) is -4.15. The zero-order valence-corrected chi connectivity index (χ0v) is 9.24. The number of aliphatic hydroxyl groups excluding tert-OH is 1. The standard InChI is InChI=1S/C8H9N3O5S/c9-17(13,14)11(7-3-5-16-10-7)6-2-1-4-15-8(6)12/h1-5,8,12H,(H2,9,13,14). The first-order chi connectivity index (χ1) is 8.00. The average molecular weight is 259 g/mol. The highest BCUT2D eigenvalue weighted by molar-refractivity contribution is 7.90. The predicted octanol–water partition coefficient (Wildman–Crippen LogP) is -0.569. The zero-order chi connectivity index (χ0) is 12.5. The van der Waals surface area contributed by atoms with Gasteiger partial charge in [0.15, 0.2) is 5.82 Å². The van der Waals surface area contributed by atoms with Crippen molar-refractivity contribution in [2.75, 3.05) is 4.31 Å². The van der Waals surface area contributed by atoms with Crippen LogP contribution in [0.2, 0.25) is 0 Å². The zero-order valence-electron chi connectivity index (χ0n) is 8.42. The fourth-order valence-electron chi connectivity index (χ4n) is 1.30. The van der Waals surface area contributed by atoms with Gasteiger partial charge in [-0.15, -0.1) is 0 Å². The summed E-state index contributed by atoms with van der Waals surface area (Å²) in [4.78, 5) is 0.